The first-order valence-corrected chi connectivity index (χ1v) is 5.22. The van der Waals surface area contributed by atoms with Crippen LogP contribution < -0.4 is 0 Å². The van der Waals surface area contributed by atoms with Crippen LogP contribution in [0, 0.1) is 11.3 Å². The fourth-order valence-corrected chi connectivity index (χ4v) is 1.78. The minimum atomic E-state index is -0.0256. The van der Waals surface area contributed by atoms with Crippen molar-refractivity contribution in [3.05, 3.63) is 0 Å². The van der Waals surface area contributed by atoms with Crippen LogP contribution in [-0.2, 0) is 4.74 Å². The Balaban J connectivity index is 2.37. The van der Waals surface area contributed by atoms with Crippen LogP contribution in [-0.4, -0.2) is 36.2 Å². The number of ether oxygens (including phenoxy) is 1. The van der Waals surface area contributed by atoms with Crippen LogP contribution in [0.5, 0.6) is 0 Å². The molecule has 1 fully saturated rings. The molecule has 0 spiro atoms. The second-order valence-electron chi connectivity index (χ2n) is 4.78. The Hall–Kier alpha value is -0.590. The zero-order valence-corrected chi connectivity index (χ0v) is 9.58. The molecule has 0 amide bonds. The van der Waals surface area contributed by atoms with Crippen LogP contribution in [0.3, 0.4) is 0 Å². The lowest BCUT2D eigenvalue weighted by atomic mass is 10.1. The zero-order chi connectivity index (χ0) is 10.8. The van der Waals surface area contributed by atoms with Crippen LogP contribution in [0.15, 0.2) is 0 Å². The Kier molecular flexibility index (Phi) is 3.52. The van der Waals surface area contributed by atoms with Crippen molar-refractivity contribution in [1.29, 1.82) is 5.26 Å². The molecule has 0 bridgehead atoms. The van der Waals surface area contributed by atoms with Crippen LogP contribution in [0.2, 0.25) is 0 Å². The molecule has 0 radical (unpaired) electrons. The van der Waals surface area contributed by atoms with E-state index in [1.54, 1.807) is 0 Å². The molecule has 2 unspecified atom stereocenters. The summed E-state index contributed by atoms with van der Waals surface area (Å²) in [5.41, 5.74) is 0.0292. The maximum Gasteiger partial charge on any atom is 0.0947 e. The van der Waals surface area contributed by atoms with Crippen molar-refractivity contribution in [2.75, 3.05) is 13.6 Å². The van der Waals surface area contributed by atoms with Gasteiger partial charge in [-0.25, -0.2) is 0 Å². The van der Waals surface area contributed by atoms with E-state index in [4.69, 9.17) is 10.00 Å². The summed E-state index contributed by atoms with van der Waals surface area (Å²) >= 11 is 0. The molecule has 1 heterocycles. The average Bonchev–Trinajstić information content (AvgIpc) is 2.44. The summed E-state index contributed by atoms with van der Waals surface area (Å²) in [6, 6.07) is 2.20. The van der Waals surface area contributed by atoms with E-state index in [9.17, 15) is 0 Å². The fraction of sp³-hybridized carbons (Fsp3) is 0.909. The molecule has 3 nitrogen and oxygen atoms in total. The van der Waals surface area contributed by atoms with Crippen LogP contribution in [0.25, 0.3) is 0 Å². The highest BCUT2D eigenvalue weighted by atomic mass is 16.5. The van der Waals surface area contributed by atoms with Gasteiger partial charge in [0, 0.05) is 6.54 Å². The van der Waals surface area contributed by atoms with E-state index < -0.39 is 0 Å². The lowest BCUT2D eigenvalue weighted by molar-refractivity contribution is -0.0275. The summed E-state index contributed by atoms with van der Waals surface area (Å²) < 4.78 is 5.86. The quantitative estimate of drug-likeness (QED) is 0.690. The molecule has 1 aliphatic rings. The molecule has 80 valence electrons. The number of rotatable bonds is 3. The van der Waals surface area contributed by atoms with Gasteiger partial charge in [0.05, 0.1) is 23.8 Å². The normalized spacial score (nSPS) is 27.6. The Bertz CT molecular complexity index is 232. The van der Waals surface area contributed by atoms with Crippen molar-refractivity contribution in [1.82, 2.24) is 4.90 Å². The SMILES string of the molecule is CC(C#N)N(C)CC1CCC(C)(C)O1. The van der Waals surface area contributed by atoms with Gasteiger partial charge in [0.25, 0.3) is 0 Å². The van der Waals surface area contributed by atoms with Crippen LogP contribution in [0.1, 0.15) is 33.6 Å². The Labute approximate surface area is 86.6 Å². The van der Waals surface area contributed by atoms with E-state index in [-0.39, 0.29) is 11.6 Å². The van der Waals surface area contributed by atoms with Crippen molar-refractivity contribution in [2.24, 2.45) is 0 Å². The van der Waals surface area contributed by atoms with Crippen molar-refractivity contribution < 1.29 is 4.74 Å². The van der Waals surface area contributed by atoms with Gasteiger partial charge in [-0.05, 0) is 40.7 Å². The predicted molar refractivity (Wildman–Crippen MR) is 55.9 cm³/mol. The monoisotopic (exact) mass is 196 g/mol. The predicted octanol–water partition coefficient (Wildman–Crippen LogP) is 1.79. The first-order chi connectivity index (χ1) is 6.44. The highest BCUT2D eigenvalue weighted by molar-refractivity contribution is 4.89. The van der Waals surface area contributed by atoms with Gasteiger partial charge in [-0.2, -0.15) is 5.26 Å². The summed E-state index contributed by atoms with van der Waals surface area (Å²) in [4.78, 5) is 2.05. The minimum Gasteiger partial charge on any atom is -0.371 e. The molecule has 14 heavy (non-hydrogen) atoms. The van der Waals surface area contributed by atoms with Gasteiger partial charge in [-0.15, -0.1) is 0 Å². The molecule has 1 aliphatic heterocycles. The van der Waals surface area contributed by atoms with Gasteiger partial charge in [-0.3, -0.25) is 4.90 Å². The fourth-order valence-electron chi connectivity index (χ4n) is 1.78. The summed E-state index contributed by atoms with van der Waals surface area (Å²) in [6.45, 7) is 7.03. The van der Waals surface area contributed by atoms with Crippen molar-refractivity contribution in [3.8, 4) is 6.07 Å². The van der Waals surface area contributed by atoms with Gasteiger partial charge < -0.3 is 4.74 Å². The lowest BCUT2D eigenvalue weighted by Gasteiger charge is -2.24. The molecule has 0 aromatic rings. The molecule has 2 atom stereocenters. The zero-order valence-electron chi connectivity index (χ0n) is 9.58. The summed E-state index contributed by atoms with van der Waals surface area (Å²) in [5, 5.41) is 8.75. The second-order valence-corrected chi connectivity index (χ2v) is 4.78. The molecule has 0 aromatic heterocycles. The van der Waals surface area contributed by atoms with E-state index in [2.05, 4.69) is 19.9 Å². The van der Waals surface area contributed by atoms with Gasteiger partial charge >= 0.3 is 0 Å². The number of nitriles is 1. The van der Waals surface area contributed by atoms with Gasteiger partial charge in [0.15, 0.2) is 0 Å². The van der Waals surface area contributed by atoms with Crippen molar-refractivity contribution in [2.45, 2.75) is 51.4 Å². The number of nitrogens with zero attached hydrogens (tertiary/aromatic N) is 2. The molecule has 3 heteroatoms. The largest absolute Gasteiger partial charge is 0.371 e. The van der Waals surface area contributed by atoms with Crippen LogP contribution in [0.4, 0.5) is 0 Å². The maximum atomic E-state index is 8.75. The molecule has 0 aromatic carbocycles. The molecule has 1 rings (SSSR count). The summed E-state index contributed by atoms with van der Waals surface area (Å²) in [7, 11) is 1.97. The maximum absolute atomic E-state index is 8.75. The third-order valence-corrected chi connectivity index (χ3v) is 2.89. The van der Waals surface area contributed by atoms with Gasteiger partial charge in [0.2, 0.25) is 0 Å². The summed E-state index contributed by atoms with van der Waals surface area (Å²) in [5.74, 6) is 0. The first kappa shape index (κ1) is 11.5. The van der Waals surface area contributed by atoms with Crippen molar-refractivity contribution in [3.63, 3.8) is 0 Å². The van der Waals surface area contributed by atoms with E-state index in [1.807, 2.05) is 18.9 Å². The third kappa shape index (κ3) is 2.97. The molecular formula is C11H20N2O. The van der Waals surface area contributed by atoms with Crippen LogP contribution >= 0.6 is 0 Å². The van der Waals surface area contributed by atoms with E-state index in [1.165, 1.54) is 0 Å². The standard InChI is InChI=1S/C11H20N2O/c1-9(7-12)13(4)8-10-5-6-11(2,3)14-10/h9-10H,5-6,8H2,1-4H3. The Morgan fingerprint density at radius 2 is 2.29 bits per heavy atom. The smallest absolute Gasteiger partial charge is 0.0947 e. The molecule has 1 saturated heterocycles. The molecule has 0 N–H and O–H groups in total. The van der Waals surface area contributed by atoms with Crippen molar-refractivity contribution >= 4 is 0 Å². The Morgan fingerprint density at radius 1 is 1.64 bits per heavy atom. The number of likely N-dealkylation sites (N-methyl/N-ethyl adjacent to an activating group) is 1. The minimum absolute atomic E-state index is 0.0256. The molecule has 0 aliphatic carbocycles. The molecular weight excluding hydrogens is 176 g/mol. The van der Waals surface area contributed by atoms with Gasteiger partial charge in [-0.1, -0.05) is 0 Å². The first-order valence-electron chi connectivity index (χ1n) is 5.22. The average molecular weight is 196 g/mol. The van der Waals surface area contributed by atoms with E-state index in [0.29, 0.717) is 6.10 Å². The highest BCUT2D eigenvalue weighted by Crippen LogP contribution is 2.29. The molecule has 0 saturated carbocycles. The third-order valence-electron chi connectivity index (χ3n) is 2.89. The van der Waals surface area contributed by atoms with E-state index >= 15 is 0 Å². The lowest BCUT2D eigenvalue weighted by Crippen LogP contribution is -2.36. The summed E-state index contributed by atoms with van der Waals surface area (Å²) in [6.07, 6.45) is 2.52. The topological polar surface area (TPSA) is 36.3 Å². The van der Waals surface area contributed by atoms with E-state index in [0.717, 1.165) is 19.4 Å². The number of hydrogen-bond acceptors (Lipinski definition) is 3. The highest BCUT2D eigenvalue weighted by Gasteiger charge is 2.32. The van der Waals surface area contributed by atoms with Gasteiger partial charge in [0.1, 0.15) is 0 Å². The number of hydrogen-bond donors (Lipinski definition) is 0. The second kappa shape index (κ2) is 4.29. The Morgan fingerprint density at radius 3 is 2.71 bits per heavy atom.